The molecule has 2 aromatic heterocycles. The van der Waals surface area contributed by atoms with E-state index >= 15 is 0 Å². The summed E-state index contributed by atoms with van der Waals surface area (Å²) in [4.78, 5) is 15.6. The second kappa shape index (κ2) is 13.9. The number of nitriles is 1. The number of hydrogen-bond donors (Lipinski definition) is 0. The molecule has 0 unspecified atom stereocenters. The summed E-state index contributed by atoms with van der Waals surface area (Å²) >= 11 is 0. The van der Waals surface area contributed by atoms with Crippen LogP contribution >= 0.6 is 0 Å². The SMILES string of the molecule is N#Cc1cc(-c2ccccc2)c(-n2c3ccccc3c3cc4c(cc32)-c2ccccc2C42c3ccccc3-c3ccccc32)c(-c2nc(-c3ccccc3)nc(-c3ccccc3)n2)c1. The lowest BCUT2D eigenvalue weighted by Crippen LogP contribution is -2.25. The first kappa shape index (κ1) is 36.0. The van der Waals surface area contributed by atoms with Crippen LogP contribution in [0.5, 0.6) is 0 Å². The van der Waals surface area contributed by atoms with Crippen LogP contribution in [-0.2, 0) is 5.41 Å². The Morgan fingerprint density at radius 2 is 0.828 bits per heavy atom. The van der Waals surface area contributed by atoms with Gasteiger partial charge in [-0.15, -0.1) is 0 Å². The van der Waals surface area contributed by atoms with E-state index in [1.807, 2.05) is 91.0 Å². The normalized spacial score (nSPS) is 12.8. The predicted molar refractivity (Wildman–Crippen MR) is 257 cm³/mol. The van der Waals surface area contributed by atoms with E-state index in [1.54, 1.807) is 0 Å². The standard InChI is InChI=1S/C59H35N5/c60-36-37-32-45(38-18-4-1-5-19-38)55(48(33-37)58-62-56(39-20-6-2-7-21-39)61-57(63-58)40-22-8-3-9-23-40)64-53-31-17-13-27-44(53)47-34-52-46(35-54(47)64)43-26-12-16-30-51(43)59(52)49-28-14-10-24-41(49)42-25-11-15-29-50(42)59/h1-35H. The Hall–Kier alpha value is -8.72. The third-order valence-electron chi connectivity index (χ3n) is 13.3. The van der Waals surface area contributed by atoms with E-state index < -0.39 is 5.41 Å². The van der Waals surface area contributed by atoms with E-state index in [0.717, 1.165) is 55.3 Å². The van der Waals surface area contributed by atoms with Crippen molar-refractivity contribution in [1.29, 1.82) is 5.26 Å². The lowest BCUT2D eigenvalue weighted by molar-refractivity contribution is 0.795. The van der Waals surface area contributed by atoms with Crippen molar-refractivity contribution in [2.75, 3.05) is 0 Å². The summed E-state index contributed by atoms with van der Waals surface area (Å²) in [5, 5.41) is 13.0. The van der Waals surface area contributed by atoms with Crippen molar-refractivity contribution >= 4 is 21.8 Å². The van der Waals surface area contributed by atoms with Crippen molar-refractivity contribution in [3.8, 4) is 79.3 Å². The fraction of sp³-hybridized carbons (Fsp3) is 0.0169. The van der Waals surface area contributed by atoms with Crippen LogP contribution in [0.15, 0.2) is 212 Å². The molecule has 0 atom stereocenters. The highest BCUT2D eigenvalue weighted by molar-refractivity contribution is 6.13. The molecular weight excluding hydrogens is 779 g/mol. The number of rotatable bonds is 5. The van der Waals surface area contributed by atoms with Gasteiger partial charge in [-0.2, -0.15) is 5.26 Å². The molecule has 2 aliphatic rings. The van der Waals surface area contributed by atoms with Crippen LogP contribution in [0.3, 0.4) is 0 Å². The first-order valence-corrected chi connectivity index (χ1v) is 21.6. The van der Waals surface area contributed by atoms with Crippen LogP contribution in [0.25, 0.3) is 95.0 Å². The average Bonchev–Trinajstić information content (AvgIpc) is 3.97. The van der Waals surface area contributed by atoms with Crippen molar-refractivity contribution in [3.05, 3.63) is 240 Å². The minimum absolute atomic E-state index is 0.479. The summed E-state index contributed by atoms with van der Waals surface area (Å²) in [6.45, 7) is 0. The van der Waals surface area contributed by atoms with Gasteiger partial charge in [0.1, 0.15) is 0 Å². The zero-order valence-electron chi connectivity index (χ0n) is 34.4. The predicted octanol–water partition coefficient (Wildman–Crippen LogP) is 13.9. The summed E-state index contributed by atoms with van der Waals surface area (Å²) < 4.78 is 2.39. The Labute approximate surface area is 369 Å². The van der Waals surface area contributed by atoms with Crippen LogP contribution in [0.1, 0.15) is 27.8 Å². The largest absolute Gasteiger partial charge is 0.308 e. The van der Waals surface area contributed by atoms with Gasteiger partial charge in [-0.1, -0.05) is 182 Å². The van der Waals surface area contributed by atoms with E-state index in [9.17, 15) is 5.26 Å². The smallest absolute Gasteiger partial charge is 0.166 e. The molecular formula is C59H35N5. The zero-order valence-corrected chi connectivity index (χ0v) is 34.4. The molecule has 0 aliphatic heterocycles. The fourth-order valence-corrected chi connectivity index (χ4v) is 10.7. The third-order valence-corrected chi connectivity index (χ3v) is 13.3. The van der Waals surface area contributed by atoms with Crippen molar-refractivity contribution in [3.63, 3.8) is 0 Å². The maximum Gasteiger partial charge on any atom is 0.166 e. The summed E-state index contributed by atoms with van der Waals surface area (Å²) in [6, 6.07) is 77.3. The number of nitrogens with zero attached hydrogens (tertiary/aromatic N) is 5. The van der Waals surface area contributed by atoms with Gasteiger partial charge in [-0.25, -0.2) is 15.0 Å². The van der Waals surface area contributed by atoms with Crippen LogP contribution in [0.4, 0.5) is 0 Å². The molecule has 0 saturated carbocycles. The first-order chi connectivity index (χ1) is 31.7. The van der Waals surface area contributed by atoms with Crippen molar-refractivity contribution in [1.82, 2.24) is 19.5 Å². The molecule has 0 fully saturated rings. The maximum atomic E-state index is 10.7. The monoisotopic (exact) mass is 813 g/mol. The highest BCUT2D eigenvalue weighted by Gasteiger charge is 2.51. The van der Waals surface area contributed by atoms with Crippen LogP contribution in [-0.4, -0.2) is 19.5 Å². The summed E-state index contributed by atoms with van der Waals surface area (Å²) in [7, 11) is 0. The molecule has 0 N–H and O–H groups in total. The Kier molecular flexibility index (Phi) is 7.82. The molecule has 2 heterocycles. The number of aromatic nitrogens is 4. The number of hydrogen-bond acceptors (Lipinski definition) is 4. The van der Waals surface area contributed by atoms with E-state index in [2.05, 4.69) is 132 Å². The van der Waals surface area contributed by atoms with Gasteiger partial charge in [0.05, 0.1) is 33.8 Å². The van der Waals surface area contributed by atoms with Crippen molar-refractivity contribution in [2.24, 2.45) is 0 Å². The molecule has 9 aromatic carbocycles. The fourth-order valence-electron chi connectivity index (χ4n) is 10.7. The Bertz CT molecular complexity index is 3630. The molecule has 0 radical (unpaired) electrons. The Morgan fingerprint density at radius 3 is 1.41 bits per heavy atom. The third kappa shape index (κ3) is 5.08. The zero-order chi connectivity index (χ0) is 42.4. The van der Waals surface area contributed by atoms with Gasteiger partial charge in [0.2, 0.25) is 0 Å². The molecule has 0 bridgehead atoms. The van der Waals surface area contributed by atoms with Crippen molar-refractivity contribution < 1.29 is 0 Å². The minimum Gasteiger partial charge on any atom is -0.308 e. The van der Waals surface area contributed by atoms with E-state index in [1.165, 1.54) is 44.5 Å². The van der Waals surface area contributed by atoms with Crippen LogP contribution < -0.4 is 0 Å². The topological polar surface area (TPSA) is 67.4 Å². The van der Waals surface area contributed by atoms with Gasteiger partial charge in [0, 0.05) is 33.0 Å². The highest BCUT2D eigenvalue weighted by Crippen LogP contribution is 2.63. The van der Waals surface area contributed by atoms with Crippen molar-refractivity contribution in [2.45, 2.75) is 5.41 Å². The van der Waals surface area contributed by atoms with Gasteiger partial charge < -0.3 is 4.57 Å². The number of fused-ring (bicyclic) bond motifs is 13. The average molecular weight is 814 g/mol. The molecule has 5 heteroatoms. The van der Waals surface area contributed by atoms with Gasteiger partial charge in [-0.3, -0.25) is 0 Å². The quantitative estimate of drug-likeness (QED) is 0.174. The molecule has 5 nitrogen and oxygen atoms in total. The summed E-state index contributed by atoms with van der Waals surface area (Å²) in [6.07, 6.45) is 0. The minimum atomic E-state index is -0.488. The molecule has 11 aromatic rings. The Morgan fingerprint density at radius 1 is 0.359 bits per heavy atom. The Balaban J connectivity index is 1.17. The molecule has 0 amide bonds. The van der Waals surface area contributed by atoms with Gasteiger partial charge in [-0.05, 0) is 80.4 Å². The highest BCUT2D eigenvalue weighted by atomic mass is 15.1. The maximum absolute atomic E-state index is 10.7. The molecule has 13 rings (SSSR count). The summed E-state index contributed by atoms with van der Waals surface area (Å²) in [5.41, 5.74) is 17.5. The number of para-hydroxylation sites is 1. The van der Waals surface area contributed by atoms with Gasteiger partial charge in [0.25, 0.3) is 0 Å². The second-order valence-corrected chi connectivity index (χ2v) is 16.6. The van der Waals surface area contributed by atoms with Gasteiger partial charge >= 0.3 is 0 Å². The van der Waals surface area contributed by atoms with E-state index in [4.69, 9.17) is 15.0 Å². The van der Waals surface area contributed by atoms with E-state index in [-0.39, 0.29) is 0 Å². The van der Waals surface area contributed by atoms with Gasteiger partial charge in [0.15, 0.2) is 17.5 Å². The molecule has 64 heavy (non-hydrogen) atoms. The molecule has 296 valence electrons. The molecule has 2 aliphatic carbocycles. The lowest BCUT2D eigenvalue weighted by Gasteiger charge is -2.30. The first-order valence-electron chi connectivity index (χ1n) is 21.6. The summed E-state index contributed by atoms with van der Waals surface area (Å²) in [5.74, 6) is 1.59. The second-order valence-electron chi connectivity index (χ2n) is 16.6. The molecule has 0 saturated heterocycles. The number of benzene rings is 9. The van der Waals surface area contributed by atoms with Crippen LogP contribution in [0.2, 0.25) is 0 Å². The molecule has 1 spiro atoms. The van der Waals surface area contributed by atoms with Crippen LogP contribution in [0, 0.1) is 11.3 Å². The van der Waals surface area contributed by atoms with E-state index in [0.29, 0.717) is 23.0 Å². The lowest BCUT2D eigenvalue weighted by atomic mass is 9.70.